The zero-order valence-electron chi connectivity index (χ0n) is 17.2. The summed E-state index contributed by atoms with van der Waals surface area (Å²) in [5.74, 6) is 1.58. The fourth-order valence-electron chi connectivity index (χ4n) is 3.18. The molecular formula is C23H19BrN4O3S. The van der Waals surface area contributed by atoms with Gasteiger partial charge in [0.2, 0.25) is 0 Å². The van der Waals surface area contributed by atoms with Gasteiger partial charge in [-0.2, -0.15) is 0 Å². The van der Waals surface area contributed by atoms with Crippen LogP contribution in [0.15, 0.2) is 65.1 Å². The molecule has 0 fully saturated rings. The van der Waals surface area contributed by atoms with Crippen molar-refractivity contribution in [2.24, 2.45) is 0 Å². The fourth-order valence-corrected chi connectivity index (χ4v) is 3.92. The second-order valence-corrected chi connectivity index (χ2v) is 8.04. The van der Waals surface area contributed by atoms with Gasteiger partial charge < -0.3 is 19.8 Å². The van der Waals surface area contributed by atoms with Crippen molar-refractivity contribution in [2.45, 2.75) is 0 Å². The molecule has 0 aliphatic heterocycles. The van der Waals surface area contributed by atoms with E-state index in [-0.39, 0.29) is 11.0 Å². The Balaban J connectivity index is 1.53. The molecule has 0 aliphatic rings. The van der Waals surface area contributed by atoms with E-state index in [1.807, 2.05) is 42.5 Å². The number of thiocarbonyl (C=S) groups is 1. The van der Waals surface area contributed by atoms with E-state index in [0.29, 0.717) is 27.2 Å². The first-order valence-electron chi connectivity index (χ1n) is 9.57. The number of H-pyrrole nitrogens is 1. The monoisotopic (exact) mass is 510 g/mol. The molecule has 1 heterocycles. The summed E-state index contributed by atoms with van der Waals surface area (Å²) in [6, 6.07) is 18.4. The van der Waals surface area contributed by atoms with Gasteiger partial charge in [-0.3, -0.25) is 10.1 Å². The van der Waals surface area contributed by atoms with Crippen LogP contribution in [0.3, 0.4) is 0 Å². The average molecular weight is 511 g/mol. The Kier molecular flexibility index (Phi) is 6.38. The van der Waals surface area contributed by atoms with Gasteiger partial charge >= 0.3 is 0 Å². The first kappa shape index (κ1) is 21.8. The molecule has 0 spiro atoms. The van der Waals surface area contributed by atoms with Crippen LogP contribution in [0.25, 0.3) is 22.4 Å². The van der Waals surface area contributed by atoms with Crippen LogP contribution in [0, 0.1) is 0 Å². The van der Waals surface area contributed by atoms with Crippen molar-refractivity contribution >= 4 is 55.9 Å². The van der Waals surface area contributed by atoms with Crippen LogP contribution in [-0.2, 0) is 0 Å². The number of methoxy groups -OCH3 is 2. The summed E-state index contributed by atoms with van der Waals surface area (Å²) in [7, 11) is 3.13. The molecule has 32 heavy (non-hydrogen) atoms. The number of nitrogens with zero attached hydrogens (tertiary/aromatic N) is 1. The molecule has 4 rings (SSSR count). The number of halogens is 1. The third kappa shape index (κ3) is 4.58. The lowest BCUT2D eigenvalue weighted by Crippen LogP contribution is -2.34. The third-order valence-corrected chi connectivity index (χ3v) is 5.58. The van der Waals surface area contributed by atoms with E-state index in [4.69, 9.17) is 21.7 Å². The minimum Gasteiger partial charge on any atom is -0.496 e. The van der Waals surface area contributed by atoms with E-state index in [1.54, 1.807) is 32.4 Å². The molecule has 0 saturated carbocycles. The molecule has 0 bridgehead atoms. The molecule has 0 aliphatic carbocycles. The van der Waals surface area contributed by atoms with Gasteiger partial charge in [0.15, 0.2) is 5.11 Å². The normalized spacial score (nSPS) is 10.6. The van der Waals surface area contributed by atoms with Crippen LogP contribution in [0.1, 0.15) is 10.4 Å². The summed E-state index contributed by atoms with van der Waals surface area (Å²) >= 11 is 8.73. The molecule has 0 saturated heterocycles. The number of rotatable bonds is 5. The highest BCUT2D eigenvalue weighted by atomic mass is 79.9. The number of fused-ring (bicyclic) bond motifs is 1. The Morgan fingerprint density at radius 1 is 1.03 bits per heavy atom. The molecule has 0 radical (unpaired) electrons. The van der Waals surface area contributed by atoms with Crippen molar-refractivity contribution in [2.75, 3.05) is 19.5 Å². The number of anilines is 1. The SMILES string of the molecule is COc1ccc(C(=O)NC(=S)Nc2cc(-c3nc4ccccc4[nH]3)ccc2OC)cc1Br. The summed E-state index contributed by atoms with van der Waals surface area (Å²) in [4.78, 5) is 20.5. The van der Waals surface area contributed by atoms with Gasteiger partial charge in [-0.1, -0.05) is 12.1 Å². The van der Waals surface area contributed by atoms with Crippen molar-refractivity contribution in [1.82, 2.24) is 15.3 Å². The van der Waals surface area contributed by atoms with Crippen LogP contribution in [0.4, 0.5) is 5.69 Å². The molecule has 9 heteroatoms. The lowest BCUT2D eigenvalue weighted by molar-refractivity contribution is 0.0977. The lowest BCUT2D eigenvalue weighted by atomic mass is 10.1. The van der Waals surface area contributed by atoms with Crippen LogP contribution in [0.2, 0.25) is 0 Å². The molecule has 3 aromatic carbocycles. The molecule has 0 atom stereocenters. The highest BCUT2D eigenvalue weighted by molar-refractivity contribution is 9.10. The van der Waals surface area contributed by atoms with Crippen molar-refractivity contribution in [3.8, 4) is 22.9 Å². The minimum absolute atomic E-state index is 0.141. The predicted molar refractivity (Wildman–Crippen MR) is 132 cm³/mol. The molecule has 1 amide bonds. The van der Waals surface area contributed by atoms with Crippen molar-refractivity contribution in [3.05, 3.63) is 70.7 Å². The lowest BCUT2D eigenvalue weighted by Gasteiger charge is -2.14. The third-order valence-electron chi connectivity index (χ3n) is 4.75. The Morgan fingerprint density at radius 2 is 1.78 bits per heavy atom. The molecule has 4 aromatic rings. The van der Waals surface area contributed by atoms with E-state index in [9.17, 15) is 4.79 Å². The zero-order valence-corrected chi connectivity index (χ0v) is 19.6. The highest BCUT2D eigenvalue weighted by Crippen LogP contribution is 2.30. The number of benzene rings is 3. The molecule has 7 nitrogen and oxygen atoms in total. The van der Waals surface area contributed by atoms with Crippen molar-refractivity contribution in [1.29, 1.82) is 0 Å². The number of carbonyl (C=O) groups is 1. The number of aromatic amines is 1. The number of para-hydroxylation sites is 2. The average Bonchev–Trinajstić information content (AvgIpc) is 3.23. The largest absolute Gasteiger partial charge is 0.496 e. The Hall–Kier alpha value is -3.43. The maximum Gasteiger partial charge on any atom is 0.257 e. The van der Waals surface area contributed by atoms with Gasteiger partial charge in [-0.05, 0) is 76.7 Å². The molecule has 162 valence electrons. The van der Waals surface area contributed by atoms with Gasteiger partial charge in [-0.15, -0.1) is 0 Å². The van der Waals surface area contributed by atoms with Gasteiger partial charge in [0.1, 0.15) is 17.3 Å². The fraction of sp³-hybridized carbons (Fsp3) is 0.0870. The van der Waals surface area contributed by atoms with E-state index in [2.05, 4.69) is 36.5 Å². The highest BCUT2D eigenvalue weighted by Gasteiger charge is 2.14. The Morgan fingerprint density at radius 3 is 2.50 bits per heavy atom. The maximum atomic E-state index is 12.6. The molecule has 1 aromatic heterocycles. The smallest absolute Gasteiger partial charge is 0.257 e. The number of aromatic nitrogens is 2. The summed E-state index contributed by atoms with van der Waals surface area (Å²) in [6.07, 6.45) is 0. The minimum atomic E-state index is -0.349. The Bertz CT molecular complexity index is 1290. The number of amides is 1. The number of imidazole rings is 1. The molecule has 3 N–H and O–H groups in total. The maximum absolute atomic E-state index is 12.6. The quantitative estimate of drug-likeness (QED) is 0.322. The second kappa shape index (κ2) is 9.37. The van der Waals surface area contributed by atoms with Gasteiger partial charge in [0, 0.05) is 11.1 Å². The van der Waals surface area contributed by atoms with E-state index < -0.39 is 0 Å². The summed E-state index contributed by atoms with van der Waals surface area (Å²) in [6.45, 7) is 0. The summed E-state index contributed by atoms with van der Waals surface area (Å²) in [5, 5.41) is 5.86. The van der Waals surface area contributed by atoms with Crippen molar-refractivity contribution < 1.29 is 14.3 Å². The molecular weight excluding hydrogens is 492 g/mol. The van der Waals surface area contributed by atoms with E-state index >= 15 is 0 Å². The molecule has 0 unspecified atom stereocenters. The number of hydrogen-bond acceptors (Lipinski definition) is 5. The van der Waals surface area contributed by atoms with E-state index in [0.717, 1.165) is 22.4 Å². The van der Waals surface area contributed by atoms with Gasteiger partial charge in [0.25, 0.3) is 5.91 Å². The summed E-state index contributed by atoms with van der Waals surface area (Å²) < 4.78 is 11.3. The first-order chi connectivity index (χ1) is 15.5. The van der Waals surface area contributed by atoms with E-state index in [1.165, 1.54) is 0 Å². The first-order valence-corrected chi connectivity index (χ1v) is 10.8. The topological polar surface area (TPSA) is 88.3 Å². The standard InChI is InChI=1S/C23H19BrN4O3S/c1-30-19-9-8-14(11-15(19)24)22(29)28-23(32)27-18-12-13(7-10-20(18)31-2)21-25-16-5-3-4-6-17(16)26-21/h3-12H,1-2H3,(H,25,26)(H2,27,28,29,32). The van der Waals surface area contributed by atoms with Crippen LogP contribution in [0.5, 0.6) is 11.5 Å². The summed E-state index contributed by atoms with van der Waals surface area (Å²) in [5.41, 5.74) is 3.71. The zero-order chi connectivity index (χ0) is 22.7. The van der Waals surface area contributed by atoms with Crippen molar-refractivity contribution in [3.63, 3.8) is 0 Å². The second-order valence-electron chi connectivity index (χ2n) is 6.78. The van der Waals surface area contributed by atoms with Gasteiger partial charge in [-0.25, -0.2) is 4.98 Å². The number of nitrogens with one attached hydrogen (secondary N) is 3. The Labute approximate surface area is 198 Å². The van der Waals surface area contributed by atoms with Crippen LogP contribution < -0.4 is 20.1 Å². The van der Waals surface area contributed by atoms with Crippen LogP contribution in [-0.4, -0.2) is 35.2 Å². The number of carbonyl (C=O) groups excluding carboxylic acids is 1. The van der Waals surface area contributed by atoms with Gasteiger partial charge in [0.05, 0.1) is 35.4 Å². The predicted octanol–water partition coefficient (Wildman–Crippen LogP) is 5.14. The number of hydrogen-bond donors (Lipinski definition) is 3. The number of ether oxygens (including phenoxy) is 2. The van der Waals surface area contributed by atoms with Crippen LogP contribution >= 0.6 is 28.1 Å².